The first kappa shape index (κ1) is 17.7. The third-order valence-corrected chi connectivity index (χ3v) is 2.86. The molecular formula is C15H28N4O2. The number of nitrogens with zero attached hydrogens (tertiary/aromatic N) is 2. The zero-order valence-corrected chi connectivity index (χ0v) is 13.6. The predicted molar refractivity (Wildman–Crippen MR) is 85.7 cm³/mol. The van der Waals surface area contributed by atoms with Gasteiger partial charge in [0.15, 0.2) is 5.82 Å². The molecule has 0 unspecified atom stereocenters. The standard InChI is InChI=1S/C15H28N4O2/c1-5-20-11-15-18-13(16-4)10-14(19-15)17-7-9-21-8-6-12(2)3/h10,12H,5-9,11H2,1-4H3,(H2,16,17,18,19). The first-order valence-corrected chi connectivity index (χ1v) is 7.60. The quantitative estimate of drug-likeness (QED) is 0.612. The lowest BCUT2D eigenvalue weighted by atomic mass is 10.1. The minimum Gasteiger partial charge on any atom is -0.380 e. The smallest absolute Gasteiger partial charge is 0.158 e. The number of anilines is 2. The van der Waals surface area contributed by atoms with Gasteiger partial charge in [-0.15, -0.1) is 0 Å². The van der Waals surface area contributed by atoms with E-state index in [1.165, 1.54) is 0 Å². The zero-order chi connectivity index (χ0) is 15.5. The van der Waals surface area contributed by atoms with Crippen LogP contribution in [0.25, 0.3) is 0 Å². The Balaban J connectivity index is 2.39. The maximum atomic E-state index is 5.57. The highest BCUT2D eigenvalue weighted by Crippen LogP contribution is 2.11. The molecule has 0 aliphatic rings. The summed E-state index contributed by atoms with van der Waals surface area (Å²) in [6.07, 6.45) is 1.09. The number of ether oxygens (including phenoxy) is 2. The van der Waals surface area contributed by atoms with Crippen molar-refractivity contribution in [2.75, 3.05) is 44.0 Å². The molecule has 0 radical (unpaired) electrons. The van der Waals surface area contributed by atoms with Crippen LogP contribution in [0.1, 0.15) is 33.0 Å². The Morgan fingerprint density at radius 3 is 2.57 bits per heavy atom. The van der Waals surface area contributed by atoms with Crippen molar-refractivity contribution in [2.24, 2.45) is 5.92 Å². The lowest BCUT2D eigenvalue weighted by Gasteiger charge is -2.10. The van der Waals surface area contributed by atoms with Crippen LogP contribution in [-0.4, -0.2) is 43.4 Å². The molecule has 21 heavy (non-hydrogen) atoms. The monoisotopic (exact) mass is 296 g/mol. The number of hydrogen-bond donors (Lipinski definition) is 2. The predicted octanol–water partition coefficient (Wildman–Crippen LogP) is 2.53. The van der Waals surface area contributed by atoms with Crippen molar-refractivity contribution in [1.82, 2.24) is 9.97 Å². The largest absolute Gasteiger partial charge is 0.380 e. The van der Waals surface area contributed by atoms with Gasteiger partial charge in [-0.2, -0.15) is 0 Å². The highest BCUT2D eigenvalue weighted by molar-refractivity contribution is 5.47. The Hall–Kier alpha value is -1.40. The van der Waals surface area contributed by atoms with Crippen molar-refractivity contribution in [3.63, 3.8) is 0 Å². The van der Waals surface area contributed by atoms with Crippen LogP contribution in [-0.2, 0) is 16.1 Å². The summed E-state index contributed by atoms with van der Waals surface area (Å²) >= 11 is 0. The number of nitrogens with one attached hydrogen (secondary N) is 2. The van der Waals surface area contributed by atoms with Crippen molar-refractivity contribution in [1.29, 1.82) is 0 Å². The molecular weight excluding hydrogens is 268 g/mol. The van der Waals surface area contributed by atoms with Crippen LogP contribution in [0.2, 0.25) is 0 Å². The maximum absolute atomic E-state index is 5.57. The summed E-state index contributed by atoms with van der Waals surface area (Å²) < 4.78 is 10.9. The first-order valence-electron chi connectivity index (χ1n) is 7.60. The second-order valence-electron chi connectivity index (χ2n) is 5.16. The normalized spacial score (nSPS) is 10.9. The third-order valence-electron chi connectivity index (χ3n) is 2.86. The molecule has 0 bridgehead atoms. The minimum absolute atomic E-state index is 0.422. The zero-order valence-electron chi connectivity index (χ0n) is 13.6. The first-order chi connectivity index (χ1) is 10.2. The van der Waals surface area contributed by atoms with Gasteiger partial charge in [-0.05, 0) is 19.3 Å². The molecule has 6 nitrogen and oxygen atoms in total. The van der Waals surface area contributed by atoms with E-state index in [0.29, 0.717) is 31.6 Å². The van der Waals surface area contributed by atoms with Crippen LogP contribution in [0.15, 0.2) is 6.07 Å². The lowest BCUT2D eigenvalue weighted by Crippen LogP contribution is -2.13. The van der Waals surface area contributed by atoms with Crippen molar-refractivity contribution >= 4 is 11.6 Å². The van der Waals surface area contributed by atoms with Crippen molar-refractivity contribution < 1.29 is 9.47 Å². The summed E-state index contributed by atoms with van der Waals surface area (Å²) in [5, 5.41) is 6.28. The Labute approximate surface area is 127 Å². The van der Waals surface area contributed by atoms with Gasteiger partial charge in [0.2, 0.25) is 0 Å². The van der Waals surface area contributed by atoms with Crippen LogP contribution in [0, 0.1) is 5.92 Å². The highest BCUT2D eigenvalue weighted by Gasteiger charge is 2.04. The minimum atomic E-state index is 0.422. The lowest BCUT2D eigenvalue weighted by molar-refractivity contribution is 0.128. The molecule has 1 aromatic rings. The van der Waals surface area contributed by atoms with E-state index in [1.807, 2.05) is 20.0 Å². The molecule has 0 aliphatic carbocycles. The molecule has 0 aliphatic heterocycles. The molecule has 0 fully saturated rings. The van der Waals surface area contributed by atoms with Crippen molar-refractivity contribution in [2.45, 2.75) is 33.8 Å². The molecule has 0 atom stereocenters. The van der Waals surface area contributed by atoms with Gasteiger partial charge in [-0.1, -0.05) is 13.8 Å². The molecule has 1 rings (SSSR count). The molecule has 0 aromatic carbocycles. The fraction of sp³-hybridized carbons (Fsp3) is 0.733. The van der Waals surface area contributed by atoms with Gasteiger partial charge in [-0.25, -0.2) is 9.97 Å². The van der Waals surface area contributed by atoms with Crippen molar-refractivity contribution in [3.05, 3.63) is 11.9 Å². The molecule has 0 saturated heterocycles. The van der Waals surface area contributed by atoms with E-state index < -0.39 is 0 Å². The van der Waals surface area contributed by atoms with Crippen LogP contribution in [0.3, 0.4) is 0 Å². The Morgan fingerprint density at radius 1 is 1.14 bits per heavy atom. The van der Waals surface area contributed by atoms with Crippen LogP contribution < -0.4 is 10.6 Å². The summed E-state index contributed by atoms with van der Waals surface area (Å²) in [6, 6.07) is 1.88. The molecule has 0 amide bonds. The molecule has 120 valence electrons. The average molecular weight is 296 g/mol. The molecule has 1 heterocycles. The number of rotatable bonds is 11. The van der Waals surface area contributed by atoms with E-state index in [4.69, 9.17) is 9.47 Å². The highest BCUT2D eigenvalue weighted by atomic mass is 16.5. The van der Waals surface area contributed by atoms with Crippen molar-refractivity contribution in [3.8, 4) is 0 Å². The summed E-state index contributed by atoms with van der Waals surface area (Å²) in [5.41, 5.74) is 0. The number of hydrogen-bond acceptors (Lipinski definition) is 6. The van der Waals surface area contributed by atoms with Crippen LogP contribution >= 0.6 is 0 Å². The molecule has 6 heteroatoms. The van der Waals surface area contributed by atoms with E-state index in [1.54, 1.807) is 0 Å². The molecule has 0 saturated carbocycles. The van der Waals surface area contributed by atoms with E-state index >= 15 is 0 Å². The maximum Gasteiger partial charge on any atom is 0.158 e. The van der Waals surface area contributed by atoms with Gasteiger partial charge in [0.1, 0.15) is 18.2 Å². The fourth-order valence-electron chi connectivity index (χ4n) is 1.65. The Bertz CT molecular complexity index is 399. The van der Waals surface area contributed by atoms with E-state index in [9.17, 15) is 0 Å². The van der Waals surface area contributed by atoms with E-state index in [2.05, 4.69) is 34.4 Å². The molecule has 2 N–H and O–H groups in total. The average Bonchev–Trinajstić information content (AvgIpc) is 2.48. The number of aromatic nitrogens is 2. The summed E-state index contributed by atoms with van der Waals surface area (Å²) in [6.45, 7) is 9.63. The summed E-state index contributed by atoms with van der Waals surface area (Å²) in [4.78, 5) is 8.77. The van der Waals surface area contributed by atoms with E-state index in [0.717, 1.165) is 31.2 Å². The Kier molecular flexibility index (Phi) is 8.69. The fourth-order valence-corrected chi connectivity index (χ4v) is 1.65. The second kappa shape index (κ2) is 10.3. The topological polar surface area (TPSA) is 68.3 Å². The van der Waals surface area contributed by atoms with Crippen LogP contribution in [0.5, 0.6) is 0 Å². The van der Waals surface area contributed by atoms with Gasteiger partial charge in [0.25, 0.3) is 0 Å². The van der Waals surface area contributed by atoms with Gasteiger partial charge in [0.05, 0.1) is 6.61 Å². The molecule has 0 spiro atoms. The van der Waals surface area contributed by atoms with Gasteiger partial charge in [-0.3, -0.25) is 0 Å². The van der Waals surface area contributed by atoms with E-state index in [-0.39, 0.29) is 0 Å². The third kappa shape index (κ3) is 7.82. The van der Waals surface area contributed by atoms with Gasteiger partial charge < -0.3 is 20.1 Å². The van der Waals surface area contributed by atoms with Gasteiger partial charge in [0, 0.05) is 32.9 Å². The SMILES string of the molecule is CCOCc1nc(NC)cc(NCCOCCC(C)C)n1. The summed E-state index contributed by atoms with van der Waals surface area (Å²) in [7, 11) is 1.84. The summed E-state index contributed by atoms with van der Waals surface area (Å²) in [5.74, 6) is 2.92. The Morgan fingerprint density at radius 2 is 1.90 bits per heavy atom. The van der Waals surface area contributed by atoms with Crippen LogP contribution in [0.4, 0.5) is 11.6 Å². The second-order valence-corrected chi connectivity index (χ2v) is 5.16. The van der Waals surface area contributed by atoms with Gasteiger partial charge >= 0.3 is 0 Å². The molecule has 1 aromatic heterocycles.